The molecule has 1 amide bonds. The van der Waals surface area contributed by atoms with Gasteiger partial charge in [-0.15, -0.1) is 0 Å². The number of piperidine rings is 1. The van der Waals surface area contributed by atoms with Gasteiger partial charge < -0.3 is 15.0 Å². The molecule has 4 rings (SSSR count). The number of para-hydroxylation sites is 2. The van der Waals surface area contributed by atoms with Gasteiger partial charge in [0.25, 0.3) is 5.91 Å². The van der Waals surface area contributed by atoms with Crippen molar-refractivity contribution >= 4 is 16.9 Å². The Labute approximate surface area is 184 Å². The van der Waals surface area contributed by atoms with Crippen molar-refractivity contribution in [2.45, 2.75) is 52.3 Å². The Balaban J connectivity index is 1.58. The molecular formula is C25H32N4O2. The maximum atomic E-state index is 13.1. The number of aromatic nitrogens is 2. The first kappa shape index (κ1) is 21.5. The highest BCUT2D eigenvalue weighted by Gasteiger charge is 2.23. The number of carbonyl (C=O) groups excluding carboxylic acids is 1. The molecule has 0 saturated carbocycles. The summed E-state index contributed by atoms with van der Waals surface area (Å²) in [5.41, 5.74) is 4.56. The SMILES string of the molecule is COCc1cc(-n2c(C)nc3ccccc32)ccc1C(=O)NC1CCN(C(C)C)CC1. The van der Waals surface area contributed by atoms with Crippen molar-refractivity contribution < 1.29 is 9.53 Å². The van der Waals surface area contributed by atoms with Crippen LogP contribution in [-0.2, 0) is 11.3 Å². The van der Waals surface area contributed by atoms with Crippen LogP contribution in [0.25, 0.3) is 16.7 Å². The fraction of sp³-hybridized carbons (Fsp3) is 0.440. The maximum absolute atomic E-state index is 13.1. The summed E-state index contributed by atoms with van der Waals surface area (Å²) < 4.78 is 7.55. The number of likely N-dealkylation sites (tertiary alicyclic amines) is 1. The Morgan fingerprint density at radius 1 is 1.19 bits per heavy atom. The quantitative estimate of drug-likeness (QED) is 0.653. The van der Waals surface area contributed by atoms with E-state index < -0.39 is 0 Å². The van der Waals surface area contributed by atoms with Gasteiger partial charge in [-0.25, -0.2) is 4.98 Å². The number of ether oxygens (including phenoxy) is 1. The van der Waals surface area contributed by atoms with E-state index in [4.69, 9.17) is 4.74 Å². The molecule has 6 nitrogen and oxygen atoms in total. The van der Waals surface area contributed by atoms with Gasteiger partial charge in [-0.1, -0.05) is 12.1 Å². The molecule has 1 N–H and O–H groups in total. The Bertz CT molecular complexity index is 1060. The molecule has 6 heteroatoms. The molecule has 3 aromatic rings. The van der Waals surface area contributed by atoms with Gasteiger partial charge in [-0.2, -0.15) is 0 Å². The maximum Gasteiger partial charge on any atom is 0.251 e. The highest BCUT2D eigenvalue weighted by Crippen LogP contribution is 2.24. The predicted molar refractivity (Wildman–Crippen MR) is 124 cm³/mol. The number of nitrogens with zero attached hydrogens (tertiary/aromatic N) is 3. The minimum Gasteiger partial charge on any atom is -0.380 e. The number of fused-ring (bicyclic) bond motifs is 1. The van der Waals surface area contributed by atoms with E-state index >= 15 is 0 Å². The van der Waals surface area contributed by atoms with Crippen LogP contribution in [0.15, 0.2) is 42.5 Å². The number of hydrogen-bond donors (Lipinski definition) is 1. The molecule has 1 aliphatic heterocycles. The Morgan fingerprint density at radius 3 is 2.65 bits per heavy atom. The van der Waals surface area contributed by atoms with Gasteiger partial charge in [0, 0.05) is 43.5 Å². The van der Waals surface area contributed by atoms with Crippen molar-refractivity contribution in [3.05, 3.63) is 59.4 Å². The molecule has 1 aliphatic rings. The number of imidazole rings is 1. The van der Waals surface area contributed by atoms with Crippen molar-refractivity contribution in [2.75, 3.05) is 20.2 Å². The molecule has 0 radical (unpaired) electrons. The zero-order chi connectivity index (χ0) is 22.0. The summed E-state index contributed by atoms with van der Waals surface area (Å²) in [6.45, 7) is 8.89. The summed E-state index contributed by atoms with van der Waals surface area (Å²) in [7, 11) is 1.66. The summed E-state index contributed by atoms with van der Waals surface area (Å²) in [5, 5.41) is 3.25. The molecule has 0 aliphatic carbocycles. The van der Waals surface area contributed by atoms with E-state index in [1.165, 1.54) is 0 Å². The third-order valence-corrected chi connectivity index (χ3v) is 6.22. The van der Waals surface area contributed by atoms with E-state index in [1.54, 1.807) is 7.11 Å². The van der Waals surface area contributed by atoms with Crippen LogP contribution in [0.4, 0.5) is 0 Å². The Hall–Kier alpha value is -2.70. The minimum absolute atomic E-state index is 0.0196. The number of amides is 1. The number of aryl methyl sites for hydroxylation is 1. The second kappa shape index (κ2) is 9.20. The first-order valence-electron chi connectivity index (χ1n) is 11.1. The van der Waals surface area contributed by atoms with Gasteiger partial charge in [-0.3, -0.25) is 9.36 Å². The molecule has 2 aromatic carbocycles. The van der Waals surface area contributed by atoms with Crippen LogP contribution in [0.2, 0.25) is 0 Å². The van der Waals surface area contributed by atoms with Crippen molar-refractivity contribution in [2.24, 2.45) is 0 Å². The zero-order valence-electron chi connectivity index (χ0n) is 18.9. The van der Waals surface area contributed by atoms with Crippen LogP contribution in [-0.4, -0.2) is 52.6 Å². The number of hydrogen-bond acceptors (Lipinski definition) is 4. The number of methoxy groups -OCH3 is 1. The molecule has 164 valence electrons. The van der Waals surface area contributed by atoms with Crippen LogP contribution >= 0.6 is 0 Å². The molecule has 0 bridgehead atoms. The van der Waals surface area contributed by atoms with Crippen molar-refractivity contribution in [1.82, 2.24) is 19.8 Å². The number of carbonyl (C=O) groups is 1. The lowest BCUT2D eigenvalue weighted by Gasteiger charge is -2.35. The van der Waals surface area contributed by atoms with E-state index in [2.05, 4.69) is 39.7 Å². The fourth-order valence-corrected chi connectivity index (χ4v) is 4.51. The monoisotopic (exact) mass is 420 g/mol. The van der Waals surface area contributed by atoms with Gasteiger partial charge in [-0.05, 0) is 69.5 Å². The molecule has 0 atom stereocenters. The third kappa shape index (κ3) is 4.50. The molecule has 1 fully saturated rings. The Kier molecular flexibility index (Phi) is 6.39. The summed E-state index contributed by atoms with van der Waals surface area (Å²) in [6, 6.07) is 14.8. The molecule has 31 heavy (non-hydrogen) atoms. The van der Waals surface area contributed by atoms with Crippen molar-refractivity contribution in [3.63, 3.8) is 0 Å². The summed E-state index contributed by atoms with van der Waals surface area (Å²) in [5.74, 6) is 0.896. The van der Waals surface area contributed by atoms with Crippen LogP contribution in [0.1, 0.15) is 48.4 Å². The van der Waals surface area contributed by atoms with Crippen LogP contribution in [0.3, 0.4) is 0 Å². The molecule has 1 saturated heterocycles. The molecule has 2 heterocycles. The van der Waals surface area contributed by atoms with Crippen molar-refractivity contribution in [3.8, 4) is 5.69 Å². The average Bonchev–Trinajstić information content (AvgIpc) is 3.10. The minimum atomic E-state index is -0.0196. The third-order valence-electron chi connectivity index (χ3n) is 6.22. The summed E-state index contributed by atoms with van der Waals surface area (Å²) in [6.07, 6.45) is 1.98. The van der Waals surface area contributed by atoms with Crippen molar-refractivity contribution in [1.29, 1.82) is 0 Å². The Morgan fingerprint density at radius 2 is 1.94 bits per heavy atom. The molecule has 0 spiro atoms. The second-order valence-corrected chi connectivity index (χ2v) is 8.64. The topological polar surface area (TPSA) is 59.4 Å². The largest absolute Gasteiger partial charge is 0.380 e. The van der Waals surface area contributed by atoms with E-state index in [1.807, 2.05) is 43.3 Å². The normalized spacial score (nSPS) is 15.6. The average molecular weight is 421 g/mol. The van der Waals surface area contributed by atoms with Gasteiger partial charge in [0.1, 0.15) is 5.82 Å². The highest BCUT2D eigenvalue weighted by atomic mass is 16.5. The summed E-state index contributed by atoms with van der Waals surface area (Å²) >= 11 is 0. The molecular weight excluding hydrogens is 388 g/mol. The number of nitrogens with one attached hydrogen (secondary N) is 1. The van der Waals surface area contributed by atoms with E-state index in [0.717, 1.165) is 54.0 Å². The smallest absolute Gasteiger partial charge is 0.251 e. The first-order valence-corrected chi connectivity index (χ1v) is 11.1. The molecule has 1 aromatic heterocycles. The predicted octanol–water partition coefficient (Wildman–Crippen LogP) is 4.08. The highest BCUT2D eigenvalue weighted by molar-refractivity contribution is 5.96. The van der Waals surface area contributed by atoms with Crippen LogP contribution in [0.5, 0.6) is 0 Å². The number of benzene rings is 2. The lowest BCUT2D eigenvalue weighted by atomic mass is 10.0. The zero-order valence-corrected chi connectivity index (χ0v) is 18.9. The van der Waals surface area contributed by atoms with Gasteiger partial charge >= 0.3 is 0 Å². The standard InChI is InChI=1S/C25H32N4O2/c1-17(2)28-13-11-20(12-14-28)27-25(30)22-10-9-21(15-19(22)16-31-4)29-18(3)26-23-7-5-6-8-24(23)29/h5-10,15,17,20H,11-14,16H2,1-4H3,(H,27,30). The fourth-order valence-electron chi connectivity index (χ4n) is 4.51. The van der Waals surface area contributed by atoms with Gasteiger partial charge in [0.2, 0.25) is 0 Å². The lowest BCUT2D eigenvalue weighted by molar-refractivity contribution is 0.0896. The summed E-state index contributed by atoms with van der Waals surface area (Å²) in [4.78, 5) is 20.2. The van der Waals surface area contributed by atoms with E-state index in [-0.39, 0.29) is 11.9 Å². The van der Waals surface area contributed by atoms with E-state index in [9.17, 15) is 4.79 Å². The number of rotatable bonds is 6. The molecule has 0 unspecified atom stereocenters. The van der Waals surface area contributed by atoms with Crippen LogP contribution in [0, 0.1) is 6.92 Å². The van der Waals surface area contributed by atoms with Gasteiger partial charge in [0.05, 0.1) is 17.6 Å². The lowest BCUT2D eigenvalue weighted by Crippen LogP contribution is -2.46. The van der Waals surface area contributed by atoms with E-state index in [0.29, 0.717) is 18.2 Å². The second-order valence-electron chi connectivity index (χ2n) is 8.64. The van der Waals surface area contributed by atoms with Gasteiger partial charge in [0.15, 0.2) is 0 Å². The van der Waals surface area contributed by atoms with Crippen LogP contribution < -0.4 is 5.32 Å². The first-order chi connectivity index (χ1) is 15.0.